The smallest absolute Gasteiger partial charge is 0.379 e. The lowest BCUT2D eigenvalue weighted by molar-refractivity contribution is -0.137. The van der Waals surface area contributed by atoms with Gasteiger partial charge in [0.25, 0.3) is 5.91 Å². The van der Waals surface area contributed by atoms with E-state index in [1.807, 2.05) is 12.3 Å². The number of amides is 1. The van der Waals surface area contributed by atoms with E-state index in [1.165, 1.54) is 16.7 Å². The van der Waals surface area contributed by atoms with Crippen LogP contribution in [-0.2, 0) is 17.5 Å². The minimum Gasteiger partial charge on any atom is -0.379 e. The fourth-order valence-corrected chi connectivity index (χ4v) is 5.22. The molecule has 0 aliphatic carbocycles. The third-order valence-electron chi connectivity index (χ3n) is 7.61. The number of morpholine rings is 1. The topological polar surface area (TPSA) is 127 Å². The molecule has 0 unspecified atom stereocenters. The normalized spacial score (nSPS) is 13.9. The van der Waals surface area contributed by atoms with E-state index in [1.54, 1.807) is 44.4 Å². The Bertz CT molecular complexity index is 1990. The van der Waals surface area contributed by atoms with E-state index in [0.717, 1.165) is 37.3 Å². The van der Waals surface area contributed by atoms with Crippen LogP contribution in [-0.4, -0.2) is 61.6 Å². The molecule has 0 radical (unpaired) electrons. The van der Waals surface area contributed by atoms with Crippen molar-refractivity contribution in [2.45, 2.75) is 26.6 Å². The molecule has 0 saturated carbocycles. The molecule has 1 fully saturated rings. The molecular formula is C32H29F3N8O3. The van der Waals surface area contributed by atoms with Gasteiger partial charge in [-0.2, -0.15) is 23.1 Å². The second kappa shape index (κ2) is 12.7. The van der Waals surface area contributed by atoms with Crippen molar-refractivity contribution >= 4 is 34.3 Å². The van der Waals surface area contributed by atoms with Crippen molar-refractivity contribution in [1.82, 2.24) is 29.4 Å². The first-order valence-corrected chi connectivity index (χ1v) is 14.4. The van der Waals surface area contributed by atoms with Gasteiger partial charge in [-0.1, -0.05) is 12.1 Å². The molecular weight excluding hydrogens is 601 g/mol. The van der Waals surface area contributed by atoms with Crippen molar-refractivity contribution in [3.8, 4) is 5.69 Å². The predicted molar refractivity (Wildman–Crippen MR) is 165 cm³/mol. The van der Waals surface area contributed by atoms with Gasteiger partial charge in [-0.15, -0.1) is 0 Å². The summed E-state index contributed by atoms with van der Waals surface area (Å²) in [6, 6.07) is 11.0. The standard InChI is InChI=1S/C32H29F3N8O3/c1-19-6-7-24(38-29(44)22-4-3-5-23(13-22)32(33,34)35)14-27(19)43-20(2)26-17-37-30(40-28(26)41-31(43)45)39-25-12-21(15-36-16-25)18-42-8-10-46-11-9-42/h3-7,12-17H,8-11,18H2,1-2H3,(H,38,44)(H,39,40,41,45). The fraction of sp³-hybridized carbons (Fsp3) is 0.250. The number of alkyl halides is 3. The number of aryl methyl sites for hydroxylation is 2. The largest absolute Gasteiger partial charge is 0.416 e. The maximum absolute atomic E-state index is 13.4. The van der Waals surface area contributed by atoms with Crippen LogP contribution in [0.25, 0.3) is 16.7 Å². The molecule has 1 aliphatic heterocycles. The van der Waals surface area contributed by atoms with Crippen molar-refractivity contribution < 1.29 is 22.7 Å². The van der Waals surface area contributed by atoms with Crippen LogP contribution in [0, 0.1) is 13.8 Å². The van der Waals surface area contributed by atoms with E-state index < -0.39 is 23.3 Å². The Morgan fingerprint density at radius 1 is 0.978 bits per heavy atom. The molecule has 4 heterocycles. The molecule has 14 heteroatoms. The van der Waals surface area contributed by atoms with E-state index in [-0.39, 0.29) is 22.8 Å². The molecule has 0 spiro atoms. The van der Waals surface area contributed by atoms with Gasteiger partial charge in [-0.25, -0.2) is 9.78 Å². The van der Waals surface area contributed by atoms with Crippen LogP contribution >= 0.6 is 0 Å². The van der Waals surface area contributed by atoms with Crippen LogP contribution < -0.4 is 16.3 Å². The monoisotopic (exact) mass is 630 g/mol. The Kier molecular flexibility index (Phi) is 8.47. The minimum atomic E-state index is -4.58. The maximum atomic E-state index is 13.4. The number of hydrogen-bond donors (Lipinski definition) is 2. The van der Waals surface area contributed by atoms with E-state index >= 15 is 0 Å². The van der Waals surface area contributed by atoms with E-state index in [2.05, 4.69) is 35.5 Å². The van der Waals surface area contributed by atoms with Crippen LogP contribution in [0.15, 0.2) is 71.9 Å². The van der Waals surface area contributed by atoms with E-state index in [0.29, 0.717) is 41.2 Å². The number of hydrogen-bond acceptors (Lipinski definition) is 9. The van der Waals surface area contributed by atoms with Gasteiger partial charge in [-0.05, 0) is 61.4 Å². The lowest BCUT2D eigenvalue weighted by Crippen LogP contribution is -2.35. The number of halogens is 3. The molecule has 46 heavy (non-hydrogen) atoms. The maximum Gasteiger partial charge on any atom is 0.416 e. The van der Waals surface area contributed by atoms with Crippen molar-refractivity contribution in [2.75, 3.05) is 36.9 Å². The fourth-order valence-electron chi connectivity index (χ4n) is 5.22. The summed E-state index contributed by atoms with van der Waals surface area (Å²) in [6.45, 7) is 7.37. The average Bonchev–Trinajstić information content (AvgIpc) is 3.03. The van der Waals surface area contributed by atoms with Gasteiger partial charge in [-0.3, -0.25) is 19.2 Å². The number of aromatic nitrogens is 5. The summed E-state index contributed by atoms with van der Waals surface area (Å²) < 4.78 is 46.2. The highest BCUT2D eigenvalue weighted by Crippen LogP contribution is 2.30. The van der Waals surface area contributed by atoms with Crippen LogP contribution in [0.3, 0.4) is 0 Å². The lowest BCUT2D eigenvalue weighted by atomic mass is 10.1. The van der Waals surface area contributed by atoms with Gasteiger partial charge in [0.05, 0.1) is 41.7 Å². The van der Waals surface area contributed by atoms with Gasteiger partial charge >= 0.3 is 11.9 Å². The zero-order chi connectivity index (χ0) is 32.4. The van der Waals surface area contributed by atoms with Crippen molar-refractivity contribution in [3.05, 3.63) is 106 Å². The summed E-state index contributed by atoms with van der Waals surface area (Å²) in [4.78, 5) is 45.9. The number of carbonyl (C=O) groups is 1. The minimum absolute atomic E-state index is 0.154. The first kappa shape index (κ1) is 30.8. The Morgan fingerprint density at radius 3 is 2.57 bits per heavy atom. The molecule has 3 aromatic heterocycles. The van der Waals surface area contributed by atoms with E-state index in [4.69, 9.17) is 4.74 Å². The Balaban J connectivity index is 1.24. The second-order valence-electron chi connectivity index (χ2n) is 10.9. The average molecular weight is 631 g/mol. The van der Waals surface area contributed by atoms with Crippen molar-refractivity contribution in [1.29, 1.82) is 0 Å². The summed E-state index contributed by atoms with van der Waals surface area (Å²) in [5.74, 6) is -0.478. The number of fused-ring (bicyclic) bond motifs is 1. The number of ether oxygens (including phenoxy) is 1. The molecule has 1 amide bonds. The quantitative estimate of drug-likeness (QED) is 0.255. The molecule has 5 aromatic rings. The highest BCUT2D eigenvalue weighted by Gasteiger charge is 2.31. The second-order valence-corrected chi connectivity index (χ2v) is 10.9. The first-order valence-electron chi connectivity index (χ1n) is 14.4. The molecule has 1 aliphatic rings. The van der Waals surface area contributed by atoms with Crippen molar-refractivity contribution in [2.24, 2.45) is 0 Å². The van der Waals surface area contributed by atoms with Crippen molar-refractivity contribution in [3.63, 3.8) is 0 Å². The number of nitrogens with one attached hydrogen (secondary N) is 2. The number of nitrogens with zero attached hydrogens (tertiary/aromatic N) is 6. The SMILES string of the molecule is Cc1ccc(NC(=O)c2cccc(C(F)(F)F)c2)cc1-n1c(C)c2cnc(Nc3cncc(CN4CCOCC4)c3)nc2nc1=O. The first-order chi connectivity index (χ1) is 22.0. The molecule has 0 atom stereocenters. The molecule has 0 bridgehead atoms. The summed E-state index contributed by atoms with van der Waals surface area (Å²) in [5.41, 5.74) is 2.16. The highest BCUT2D eigenvalue weighted by molar-refractivity contribution is 6.04. The van der Waals surface area contributed by atoms with Gasteiger partial charge in [0, 0.05) is 49.0 Å². The van der Waals surface area contributed by atoms with Crippen LogP contribution in [0.4, 0.5) is 30.5 Å². The van der Waals surface area contributed by atoms with Gasteiger partial charge < -0.3 is 15.4 Å². The van der Waals surface area contributed by atoms with Gasteiger partial charge in [0.1, 0.15) is 0 Å². The zero-order valence-electron chi connectivity index (χ0n) is 24.9. The molecule has 11 nitrogen and oxygen atoms in total. The van der Waals surface area contributed by atoms with Crippen LogP contribution in [0.2, 0.25) is 0 Å². The number of rotatable bonds is 7. The van der Waals surface area contributed by atoms with Crippen LogP contribution in [0.5, 0.6) is 0 Å². The number of benzene rings is 2. The highest BCUT2D eigenvalue weighted by atomic mass is 19.4. The van der Waals surface area contributed by atoms with E-state index in [9.17, 15) is 22.8 Å². The summed E-state index contributed by atoms with van der Waals surface area (Å²) in [6.07, 6.45) is 0.460. The number of pyridine rings is 1. The molecule has 1 saturated heterocycles. The van der Waals surface area contributed by atoms with Gasteiger partial charge in [0.15, 0.2) is 5.65 Å². The third kappa shape index (κ3) is 6.72. The molecule has 236 valence electrons. The summed E-state index contributed by atoms with van der Waals surface area (Å²) in [5, 5.41) is 6.29. The summed E-state index contributed by atoms with van der Waals surface area (Å²) in [7, 11) is 0. The third-order valence-corrected chi connectivity index (χ3v) is 7.61. The number of anilines is 3. The summed E-state index contributed by atoms with van der Waals surface area (Å²) >= 11 is 0. The molecule has 2 N–H and O–H groups in total. The lowest BCUT2D eigenvalue weighted by Gasteiger charge is -2.26. The Labute approximate surface area is 261 Å². The zero-order valence-corrected chi connectivity index (χ0v) is 24.9. The Morgan fingerprint density at radius 2 is 1.78 bits per heavy atom. The van der Waals surface area contributed by atoms with Crippen LogP contribution in [0.1, 0.15) is 32.7 Å². The predicted octanol–water partition coefficient (Wildman–Crippen LogP) is 5.03. The Hall–Kier alpha value is -5.21. The molecule has 6 rings (SSSR count). The molecule has 2 aromatic carbocycles. The van der Waals surface area contributed by atoms with Gasteiger partial charge in [0.2, 0.25) is 5.95 Å². The number of carbonyl (C=O) groups excluding carboxylic acids is 1.